The van der Waals surface area contributed by atoms with Crippen molar-refractivity contribution in [1.29, 1.82) is 0 Å². The Bertz CT molecular complexity index is 735. The van der Waals surface area contributed by atoms with Crippen LogP contribution in [0.1, 0.15) is 12.1 Å². The average molecular weight is 477 g/mol. The van der Waals surface area contributed by atoms with Crippen molar-refractivity contribution >= 4 is 48.1 Å². The summed E-state index contributed by atoms with van der Waals surface area (Å²) in [6.07, 6.45) is 4.82. The molecule has 0 aliphatic rings. The molecule has 0 aromatic carbocycles. The molecule has 8 N–H and O–H groups in total. The van der Waals surface area contributed by atoms with Crippen LogP contribution in [0, 0.1) is 0 Å². The number of H-pyrrole nitrogens is 1. The molecule has 0 radical (unpaired) electrons. The van der Waals surface area contributed by atoms with Crippen molar-refractivity contribution < 1.29 is 29.4 Å². The normalized spacial score (nSPS) is 14.7. The Morgan fingerprint density at radius 1 is 1.16 bits per heavy atom. The third-order valence-electron chi connectivity index (χ3n) is 4.19. The number of hydrogen-bond acceptors (Lipinski definition) is 9. The van der Waals surface area contributed by atoms with E-state index >= 15 is 0 Å². The molecule has 1 rings (SSSR count). The Balaban J connectivity index is 2.84. The molecule has 174 valence electrons. The summed E-state index contributed by atoms with van der Waals surface area (Å²) in [6.45, 7) is -0.717. The monoisotopic (exact) mass is 476 g/mol. The van der Waals surface area contributed by atoms with Crippen molar-refractivity contribution in [3.05, 3.63) is 18.2 Å². The van der Waals surface area contributed by atoms with Gasteiger partial charge in [-0.2, -0.15) is 24.4 Å². The largest absolute Gasteiger partial charge is 0.480 e. The van der Waals surface area contributed by atoms with Gasteiger partial charge in [0, 0.05) is 24.1 Å². The molecule has 4 unspecified atom stereocenters. The Morgan fingerprint density at radius 3 is 2.29 bits per heavy atom. The van der Waals surface area contributed by atoms with E-state index in [0.717, 1.165) is 0 Å². The second-order valence-corrected chi connectivity index (χ2v) is 7.91. The lowest BCUT2D eigenvalue weighted by molar-refractivity contribution is -0.142. The van der Waals surface area contributed by atoms with E-state index in [4.69, 9.17) is 5.73 Å². The van der Waals surface area contributed by atoms with Gasteiger partial charge in [-0.25, -0.2) is 9.78 Å². The van der Waals surface area contributed by atoms with E-state index in [-0.39, 0.29) is 18.6 Å². The number of aromatic nitrogens is 2. The van der Waals surface area contributed by atoms with Crippen LogP contribution in [0.15, 0.2) is 12.5 Å². The maximum absolute atomic E-state index is 12.7. The predicted octanol–water partition coefficient (Wildman–Crippen LogP) is -2.51. The quantitative estimate of drug-likeness (QED) is 0.134. The molecule has 0 bridgehead atoms. The van der Waals surface area contributed by atoms with Crippen molar-refractivity contribution in [1.82, 2.24) is 25.9 Å². The number of carbonyl (C=O) groups is 4. The zero-order valence-electron chi connectivity index (χ0n) is 16.9. The van der Waals surface area contributed by atoms with E-state index in [2.05, 4.69) is 38.5 Å². The Hall–Kier alpha value is -2.29. The van der Waals surface area contributed by atoms with Crippen LogP contribution in [-0.4, -0.2) is 92.4 Å². The number of carboxylic acids is 1. The first-order chi connectivity index (χ1) is 14.7. The summed E-state index contributed by atoms with van der Waals surface area (Å²) in [6, 6.07) is -4.63. The highest BCUT2D eigenvalue weighted by Gasteiger charge is 2.30. The van der Waals surface area contributed by atoms with Crippen LogP contribution >= 0.6 is 24.4 Å². The van der Waals surface area contributed by atoms with Gasteiger partial charge in [0.15, 0.2) is 0 Å². The van der Waals surface area contributed by atoms with Gasteiger partial charge < -0.3 is 36.9 Å². The number of thiol groups is 1. The van der Waals surface area contributed by atoms with Crippen LogP contribution in [0.5, 0.6) is 0 Å². The van der Waals surface area contributed by atoms with Gasteiger partial charge in [-0.05, 0) is 18.4 Å². The second kappa shape index (κ2) is 13.9. The molecule has 1 aromatic heterocycles. The van der Waals surface area contributed by atoms with Crippen molar-refractivity contribution in [3.63, 3.8) is 0 Å². The van der Waals surface area contributed by atoms with E-state index in [1.165, 1.54) is 24.3 Å². The number of carboxylic acid groups (broad SMARTS) is 1. The van der Waals surface area contributed by atoms with Gasteiger partial charge in [0.1, 0.15) is 18.1 Å². The van der Waals surface area contributed by atoms with Crippen molar-refractivity contribution in [2.75, 3.05) is 24.4 Å². The van der Waals surface area contributed by atoms with E-state index in [0.29, 0.717) is 11.4 Å². The van der Waals surface area contributed by atoms with Gasteiger partial charge in [-0.3, -0.25) is 14.4 Å². The summed E-state index contributed by atoms with van der Waals surface area (Å²) in [5.41, 5.74) is 6.06. The molecule has 0 aliphatic carbocycles. The number of aliphatic hydroxyl groups is 1. The highest BCUT2D eigenvalue weighted by molar-refractivity contribution is 7.98. The molecule has 1 aromatic rings. The SMILES string of the molecule is CSCCC(NC(=O)C(CO)NC(=O)C(N)CS)C(=O)NC(Cc1cnc[nH]1)C(=O)O. The van der Waals surface area contributed by atoms with Gasteiger partial charge in [-0.15, -0.1) is 0 Å². The molecule has 4 atom stereocenters. The second-order valence-electron chi connectivity index (χ2n) is 6.56. The Morgan fingerprint density at radius 2 is 1.77 bits per heavy atom. The van der Waals surface area contributed by atoms with Gasteiger partial charge in [0.05, 0.1) is 19.0 Å². The zero-order chi connectivity index (χ0) is 23.4. The van der Waals surface area contributed by atoms with Crippen molar-refractivity contribution in [2.24, 2.45) is 5.73 Å². The third-order valence-corrected chi connectivity index (χ3v) is 5.22. The molecular formula is C17H28N6O6S2. The molecule has 3 amide bonds. The summed E-state index contributed by atoms with van der Waals surface area (Å²) >= 11 is 5.33. The van der Waals surface area contributed by atoms with Crippen LogP contribution in [0.4, 0.5) is 0 Å². The minimum atomic E-state index is -1.33. The van der Waals surface area contributed by atoms with Crippen molar-refractivity contribution in [3.8, 4) is 0 Å². The van der Waals surface area contributed by atoms with E-state index in [1.54, 1.807) is 0 Å². The average Bonchev–Trinajstić information content (AvgIpc) is 3.26. The van der Waals surface area contributed by atoms with Crippen LogP contribution in [0.3, 0.4) is 0 Å². The number of rotatable bonds is 14. The summed E-state index contributed by atoms with van der Waals surface area (Å²) in [5.74, 6) is -2.90. The first-order valence-corrected chi connectivity index (χ1v) is 11.3. The maximum Gasteiger partial charge on any atom is 0.326 e. The number of aromatic amines is 1. The van der Waals surface area contributed by atoms with E-state index < -0.39 is 54.5 Å². The fraction of sp³-hybridized carbons (Fsp3) is 0.588. The lowest BCUT2D eigenvalue weighted by Crippen LogP contribution is -2.58. The fourth-order valence-electron chi connectivity index (χ4n) is 2.42. The summed E-state index contributed by atoms with van der Waals surface area (Å²) in [7, 11) is 0. The van der Waals surface area contributed by atoms with Gasteiger partial charge in [0.2, 0.25) is 17.7 Å². The topological polar surface area (TPSA) is 200 Å². The van der Waals surface area contributed by atoms with Crippen LogP contribution < -0.4 is 21.7 Å². The molecule has 12 nitrogen and oxygen atoms in total. The standard InChI is InChI=1S/C17H28N6O6S2/c1-31-3-2-11(21-16(27)13(6-24)23-14(25)10(18)7-30)15(26)22-12(17(28)29)4-9-5-19-8-20-9/h5,8,10-13,24,30H,2-4,6-7,18H2,1H3,(H,19,20)(H,21,27)(H,22,26)(H,23,25)(H,28,29). The number of nitrogens with one attached hydrogen (secondary N) is 4. The Labute approximate surface area is 188 Å². The van der Waals surface area contributed by atoms with Gasteiger partial charge in [0.25, 0.3) is 0 Å². The third kappa shape index (κ3) is 9.16. The molecular weight excluding hydrogens is 448 g/mol. The minimum Gasteiger partial charge on any atom is -0.480 e. The van der Waals surface area contributed by atoms with Crippen LogP contribution in [-0.2, 0) is 25.6 Å². The summed E-state index contributed by atoms with van der Waals surface area (Å²) in [5, 5.41) is 26.0. The van der Waals surface area contributed by atoms with E-state index in [1.807, 2.05) is 6.26 Å². The first kappa shape index (κ1) is 26.7. The molecule has 1 heterocycles. The number of aliphatic hydroxyl groups excluding tert-OH is 1. The Kier molecular flexibility index (Phi) is 12.0. The number of thioether (sulfide) groups is 1. The van der Waals surface area contributed by atoms with Gasteiger partial charge in [-0.1, -0.05) is 0 Å². The molecule has 0 spiro atoms. The first-order valence-electron chi connectivity index (χ1n) is 9.30. The smallest absolute Gasteiger partial charge is 0.326 e. The number of hydrogen-bond donors (Lipinski definition) is 8. The van der Waals surface area contributed by atoms with Crippen LogP contribution in [0.25, 0.3) is 0 Å². The fourth-order valence-corrected chi connectivity index (χ4v) is 3.06. The van der Waals surface area contributed by atoms with Crippen LogP contribution in [0.2, 0.25) is 0 Å². The zero-order valence-corrected chi connectivity index (χ0v) is 18.6. The number of amides is 3. The number of nitrogens with zero attached hydrogens (tertiary/aromatic N) is 1. The number of imidazole rings is 1. The number of nitrogens with two attached hydrogens (primary N) is 1. The van der Waals surface area contributed by atoms with Crippen molar-refractivity contribution in [2.45, 2.75) is 37.0 Å². The highest BCUT2D eigenvalue weighted by Crippen LogP contribution is 2.05. The lowest BCUT2D eigenvalue weighted by Gasteiger charge is -2.24. The summed E-state index contributed by atoms with van der Waals surface area (Å²) < 4.78 is 0. The molecule has 0 fully saturated rings. The van der Waals surface area contributed by atoms with E-state index in [9.17, 15) is 29.4 Å². The molecule has 31 heavy (non-hydrogen) atoms. The maximum atomic E-state index is 12.7. The molecule has 0 saturated heterocycles. The molecule has 0 saturated carbocycles. The molecule has 0 aliphatic heterocycles. The van der Waals surface area contributed by atoms with Gasteiger partial charge >= 0.3 is 5.97 Å². The predicted molar refractivity (Wildman–Crippen MR) is 118 cm³/mol. The molecule has 14 heteroatoms. The number of carbonyl (C=O) groups excluding carboxylic acids is 3. The summed E-state index contributed by atoms with van der Waals surface area (Å²) in [4.78, 5) is 55.2. The minimum absolute atomic E-state index is 0.0266. The number of aliphatic carboxylic acids is 1. The highest BCUT2D eigenvalue weighted by atomic mass is 32.2. The lowest BCUT2D eigenvalue weighted by atomic mass is 10.1.